The summed E-state index contributed by atoms with van der Waals surface area (Å²) in [5.41, 5.74) is 0.0243. The molecule has 0 aliphatic carbocycles. The van der Waals surface area contributed by atoms with E-state index in [1.165, 1.54) is 12.1 Å². The van der Waals surface area contributed by atoms with E-state index in [-0.39, 0.29) is 0 Å². The Morgan fingerprint density at radius 1 is 1.20 bits per heavy atom. The van der Waals surface area contributed by atoms with E-state index in [2.05, 4.69) is 15.5 Å². The van der Waals surface area contributed by atoms with E-state index in [1.807, 2.05) is 6.92 Å². The number of hydrogen-bond donors (Lipinski definition) is 1. The molecule has 0 atom stereocenters. The molecule has 1 N–H and O–H groups in total. The van der Waals surface area contributed by atoms with Crippen LogP contribution < -0.4 is 5.32 Å². The summed E-state index contributed by atoms with van der Waals surface area (Å²) >= 11 is 0. The second kappa shape index (κ2) is 6.04. The summed E-state index contributed by atoms with van der Waals surface area (Å²) in [6.45, 7) is 3.26. The summed E-state index contributed by atoms with van der Waals surface area (Å²) in [6.07, 6.45) is -4.00. The molecular weight excluding hydrogens is 271 g/mol. The van der Waals surface area contributed by atoms with Gasteiger partial charge in [0.1, 0.15) is 0 Å². The zero-order valence-electron chi connectivity index (χ0n) is 10.9. The summed E-state index contributed by atoms with van der Waals surface area (Å²) in [6, 6.07) is 4.92. The number of aromatic nitrogens is 2. The van der Waals surface area contributed by atoms with Crippen molar-refractivity contribution >= 4 is 0 Å². The van der Waals surface area contributed by atoms with Crippen molar-refractivity contribution in [2.75, 3.05) is 6.54 Å². The first-order valence-corrected chi connectivity index (χ1v) is 6.17. The van der Waals surface area contributed by atoms with Crippen molar-refractivity contribution in [1.29, 1.82) is 0 Å². The molecule has 1 aromatic heterocycles. The van der Waals surface area contributed by atoms with Crippen LogP contribution in [0, 0.1) is 0 Å². The molecule has 0 aliphatic rings. The normalized spacial score (nSPS) is 11.8. The van der Waals surface area contributed by atoms with E-state index in [0.29, 0.717) is 30.2 Å². The second-order valence-electron chi connectivity index (χ2n) is 4.26. The summed E-state index contributed by atoms with van der Waals surface area (Å²) in [7, 11) is 0. The molecule has 0 spiro atoms. The van der Waals surface area contributed by atoms with E-state index in [4.69, 9.17) is 4.52 Å². The van der Waals surface area contributed by atoms with Gasteiger partial charge in [-0.2, -0.15) is 18.2 Å². The molecule has 0 saturated heterocycles. The van der Waals surface area contributed by atoms with Crippen LogP contribution >= 0.6 is 0 Å². The number of halogens is 3. The summed E-state index contributed by atoms with van der Waals surface area (Å²) in [4.78, 5) is 4.15. The van der Waals surface area contributed by atoms with Crippen LogP contribution in [0.25, 0.3) is 0 Å². The fraction of sp³-hybridized carbons (Fsp3) is 0.385. The highest BCUT2D eigenvalue weighted by molar-refractivity contribution is 5.26. The van der Waals surface area contributed by atoms with Gasteiger partial charge in [-0.3, -0.25) is 0 Å². The minimum atomic E-state index is -4.32. The van der Waals surface area contributed by atoms with Gasteiger partial charge in [-0.15, -0.1) is 0 Å². The van der Waals surface area contributed by atoms with Crippen LogP contribution in [-0.2, 0) is 19.1 Å². The van der Waals surface area contributed by atoms with Gasteiger partial charge in [0.2, 0.25) is 5.89 Å². The highest BCUT2D eigenvalue weighted by atomic mass is 19.4. The molecule has 4 nitrogen and oxygen atoms in total. The maximum Gasteiger partial charge on any atom is 0.416 e. The van der Waals surface area contributed by atoms with E-state index in [1.54, 1.807) is 0 Å². The lowest BCUT2D eigenvalue weighted by atomic mass is 10.1. The van der Waals surface area contributed by atoms with Crippen LogP contribution in [0.4, 0.5) is 13.2 Å². The Kier molecular flexibility index (Phi) is 4.39. The van der Waals surface area contributed by atoms with Crippen molar-refractivity contribution in [3.8, 4) is 0 Å². The fourth-order valence-electron chi connectivity index (χ4n) is 1.66. The lowest BCUT2D eigenvalue weighted by Crippen LogP contribution is -2.12. The summed E-state index contributed by atoms with van der Waals surface area (Å²) in [5, 5.41) is 6.83. The quantitative estimate of drug-likeness (QED) is 0.917. The smallest absolute Gasteiger partial charge is 0.339 e. The molecular formula is C13H14F3N3O. The number of nitrogens with zero attached hydrogens (tertiary/aromatic N) is 2. The number of alkyl halides is 3. The molecule has 7 heteroatoms. The van der Waals surface area contributed by atoms with Gasteiger partial charge in [-0.1, -0.05) is 24.2 Å². The van der Waals surface area contributed by atoms with E-state index >= 15 is 0 Å². The summed E-state index contributed by atoms with van der Waals surface area (Å²) < 4.78 is 42.3. The van der Waals surface area contributed by atoms with Crippen molar-refractivity contribution in [2.24, 2.45) is 0 Å². The van der Waals surface area contributed by atoms with E-state index in [9.17, 15) is 13.2 Å². The molecule has 0 unspecified atom stereocenters. The maximum atomic E-state index is 12.4. The minimum Gasteiger partial charge on any atom is -0.339 e. The zero-order chi connectivity index (χ0) is 14.6. The predicted octanol–water partition coefficient (Wildman–Crippen LogP) is 2.79. The topological polar surface area (TPSA) is 51.0 Å². The molecule has 20 heavy (non-hydrogen) atoms. The third-order valence-corrected chi connectivity index (χ3v) is 2.68. The molecule has 2 aromatic rings. The largest absolute Gasteiger partial charge is 0.416 e. The predicted molar refractivity (Wildman–Crippen MR) is 65.9 cm³/mol. The standard InChI is InChI=1S/C13H14F3N3O/c1-2-17-8-11-18-12(20-19-11)7-9-3-5-10(6-4-9)13(14,15)16/h3-6,17H,2,7-8H2,1H3. The van der Waals surface area contributed by atoms with Crippen LogP contribution in [0.15, 0.2) is 28.8 Å². The van der Waals surface area contributed by atoms with Crippen LogP contribution in [0.1, 0.15) is 29.8 Å². The first kappa shape index (κ1) is 14.5. The van der Waals surface area contributed by atoms with Crippen LogP contribution in [0.3, 0.4) is 0 Å². The average molecular weight is 285 g/mol. The number of hydrogen-bond acceptors (Lipinski definition) is 4. The molecule has 0 amide bonds. The maximum absolute atomic E-state index is 12.4. The highest BCUT2D eigenvalue weighted by Gasteiger charge is 2.29. The highest BCUT2D eigenvalue weighted by Crippen LogP contribution is 2.29. The van der Waals surface area contributed by atoms with Crippen molar-refractivity contribution < 1.29 is 17.7 Å². The van der Waals surface area contributed by atoms with Crippen LogP contribution in [0.5, 0.6) is 0 Å². The van der Waals surface area contributed by atoms with Gasteiger partial charge in [0.15, 0.2) is 5.82 Å². The van der Waals surface area contributed by atoms with Gasteiger partial charge in [-0.25, -0.2) is 0 Å². The summed E-state index contributed by atoms with van der Waals surface area (Å²) in [5.74, 6) is 0.923. The third kappa shape index (κ3) is 3.80. The van der Waals surface area contributed by atoms with Gasteiger partial charge < -0.3 is 9.84 Å². The molecule has 0 bridgehead atoms. The van der Waals surface area contributed by atoms with Gasteiger partial charge in [0, 0.05) is 0 Å². The van der Waals surface area contributed by atoms with E-state index in [0.717, 1.165) is 18.7 Å². The Morgan fingerprint density at radius 3 is 2.50 bits per heavy atom. The Hall–Kier alpha value is -1.89. The SMILES string of the molecule is CCNCc1noc(Cc2ccc(C(F)(F)F)cc2)n1. The molecule has 1 heterocycles. The molecule has 2 rings (SSSR count). The molecule has 108 valence electrons. The Morgan fingerprint density at radius 2 is 1.90 bits per heavy atom. The van der Waals surface area contributed by atoms with Crippen LogP contribution in [0.2, 0.25) is 0 Å². The minimum absolute atomic E-state index is 0.317. The molecule has 0 fully saturated rings. The average Bonchev–Trinajstić information content (AvgIpc) is 2.83. The van der Waals surface area contributed by atoms with Gasteiger partial charge in [-0.05, 0) is 24.2 Å². The Balaban J connectivity index is 2.01. The monoisotopic (exact) mass is 285 g/mol. The Bertz CT molecular complexity index is 549. The van der Waals surface area contributed by atoms with Gasteiger partial charge in [0.05, 0.1) is 18.5 Å². The molecule has 0 radical (unpaired) electrons. The molecule has 0 saturated carbocycles. The first-order valence-electron chi connectivity index (χ1n) is 6.17. The van der Waals surface area contributed by atoms with Crippen LogP contribution in [-0.4, -0.2) is 16.7 Å². The lowest BCUT2D eigenvalue weighted by Gasteiger charge is -2.06. The number of nitrogens with one attached hydrogen (secondary N) is 1. The third-order valence-electron chi connectivity index (χ3n) is 2.68. The first-order chi connectivity index (χ1) is 9.49. The zero-order valence-corrected chi connectivity index (χ0v) is 10.9. The Labute approximate surface area is 114 Å². The molecule has 0 aliphatic heterocycles. The van der Waals surface area contributed by atoms with E-state index < -0.39 is 11.7 Å². The van der Waals surface area contributed by atoms with Crippen molar-refractivity contribution in [1.82, 2.24) is 15.5 Å². The van der Waals surface area contributed by atoms with Gasteiger partial charge >= 0.3 is 6.18 Å². The number of benzene rings is 1. The van der Waals surface area contributed by atoms with Crippen molar-refractivity contribution in [3.05, 3.63) is 47.1 Å². The van der Waals surface area contributed by atoms with Gasteiger partial charge in [0.25, 0.3) is 0 Å². The molecule has 1 aromatic carbocycles. The lowest BCUT2D eigenvalue weighted by molar-refractivity contribution is -0.137. The van der Waals surface area contributed by atoms with Crippen molar-refractivity contribution in [3.63, 3.8) is 0 Å². The second-order valence-corrected chi connectivity index (χ2v) is 4.26. The fourth-order valence-corrected chi connectivity index (χ4v) is 1.66. The number of rotatable bonds is 5. The van der Waals surface area contributed by atoms with Crippen molar-refractivity contribution in [2.45, 2.75) is 26.1 Å².